The second-order valence-corrected chi connectivity index (χ2v) is 7.64. The summed E-state index contributed by atoms with van der Waals surface area (Å²) in [6, 6.07) is 8.26. The summed E-state index contributed by atoms with van der Waals surface area (Å²) in [6.45, 7) is 9.85. The van der Waals surface area contributed by atoms with Gasteiger partial charge in [0.15, 0.2) is 0 Å². The number of amides is 1. The van der Waals surface area contributed by atoms with Crippen molar-refractivity contribution in [3.05, 3.63) is 29.8 Å². The number of benzene rings is 1. The van der Waals surface area contributed by atoms with E-state index in [0.717, 1.165) is 17.9 Å². The molecule has 2 rings (SSSR count). The molecule has 0 saturated carbocycles. The third kappa shape index (κ3) is 5.54. The third-order valence-corrected chi connectivity index (χ3v) is 4.14. The first-order valence-corrected chi connectivity index (χ1v) is 8.42. The van der Waals surface area contributed by atoms with E-state index in [1.807, 2.05) is 20.8 Å². The minimum atomic E-state index is -0.438. The van der Waals surface area contributed by atoms with Crippen molar-refractivity contribution in [3.8, 4) is 0 Å². The van der Waals surface area contributed by atoms with Gasteiger partial charge in [0.1, 0.15) is 5.60 Å². The van der Waals surface area contributed by atoms with Crippen molar-refractivity contribution in [2.24, 2.45) is 5.92 Å². The average molecular weight is 323 g/mol. The van der Waals surface area contributed by atoms with Gasteiger partial charge >= 0.3 is 6.09 Å². The highest BCUT2D eigenvalue weighted by molar-refractivity contribution is 7.94. The van der Waals surface area contributed by atoms with Gasteiger partial charge in [-0.2, -0.15) is 0 Å². The lowest BCUT2D eigenvalue weighted by atomic mass is 10.1. The maximum Gasteiger partial charge on any atom is 0.410 e. The molecule has 1 heterocycles. The zero-order chi connectivity index (χ0) is 16.2. The van der Waals surface area contributed by atoms with Crippen molar-refractivity contribution < 1.29 is 13.7 Å². The van der Waals surface area contributed by atoms with Gasteiger partial charge in [0, 0.05) is 35.9 Å². The van der Waals surface area contributed by atoms with Gasteiger partial charge in [-0.05, 0) is 46.2 Å². The zero-order valence-corrected chi connectivity index (χ0v) is 14.6. The van der Waals surface area contributed by atoms with Gasteiger partial charge in [0.05, 0.1) is 6.61 Å². The van der Waals surface area contributed by atoms with Crippen molar-refractivity contribution in [3.63, 3.8) is 0 Å². The maximum absolute atomic E-state index is 12.0. The standard InChI is InChI=1S/C17H25NO3S/c1-13-5-7-15(8-6-13)22-20-12-14-9-10-18(11-14)16(19)21-17(2,3)4/h5-8,14H,9-12H2,1-4H3/t14-/m0/s1. The largest absolute Gasteiger partial charge is 0.444 e. The van der Waals surface area contributed by atoms with Crippen LogP contribution in [0.3, 0.4) is 0 Å². The minimum Gasteiger partial charge on any atom is -0.444 e. The van der Waals surface area contributed by atoms with Crippen LogP contribution in [0.1, 0.15) is 32.8 Å². The highest BCUT2D eigenvalue weighted by Gasteiger charge is 2.29. The molecule has 1 aliphatic heterocycles. The molecule has 1 saturated heterocycles. The van der Waals surface area contributed by atoms with Crippen LogP contribution in [-0.2, 0) is 8.92 Å². The van der Waals surface area contributed by atoms with Crippen LogP contribution in [0.25, 0.3) is 0 Å². The summed E-state index contributed by atoms with van der Waals surface area (Å²) in [5.74, 6) is 0.380. The fourth-order valence-electron chi connectivity index (χ4n) is 2.25. The number of ether oxygens (including phenoxy) is 1. The van der Waals surface area contributed by atoms with E-state index in [-0.39, 0.29) is 6.09 Å². The predicted molar refractivity (Wildman–Crippen MR) is 88.9 cm³/mol. The molecular weight excluding hydrogens is 298 g/mol. The smallest absolute Gasteiger partial charge is 0.410 e. The molecular formula is C17H25NO3S. The van der Waals surface area contributed by atoms with Crippen molar-refractivity contribution in [2.45, 2.75) is 44.6 Å². The summed E-state index contributed by atoms with van der Waals surface area (Å²) >= 11 is 1.40. The van der Waals surface area contributed by atoms with E-state index in [0.29, 0.717) is 19.1 Å². The summed E-state index contributed by atoms with van der Waals surface area (Å²) < 4.78 is 11.1. The van der Waals surface area contributed by atoms with Gasteiger partial charge in [0.2, 0.25) is 0 Å². The highest BCUT2D eigenvalue weighted by Crippen LogP contribution is 2.24. The number of nitrogens with zero attached hydrogens (tertiary/aromatic N) is 1. The molecule has 4 nitrogen and oxygen atoms in total. The molecule has 22 heavy (non-hydrogen) atoms. The molecule has 1 aliphatic rings. The summed E-state index contributed by atoms with van der Waals surface area (Å²) in [4.78, 5) is 14.9. The molecule has 0 spiro atoms. The average Bonchev–Trinajstić information content (AvgIpc) is 2.88. The van der Waals surface area contributed by atoms with E-state index in [2.05, 4.69) is 31.2 Å². The van der Waals surface area contributed by atoms with Gasteiger partial charge in [-0.25, -0.2) is 4.79 Å². The molecule has 0 radical (unpaired) electrons. The molecule has 1 fully saturated rings. The zero-order valence-electron chi connectivity index (χ0n) is 13.8. The van der Waals surface area contributed by atoms with E-state index < -0.39 is 5.60 Å². The van der Waals surface area contributed by atoms with Crippen LogP contribution < -0.4 is 0 Å². The third-order valence-electron chi connectivity index (χ3n) is 3.42. The summed E-state index contributed by atoms with van der Waals surface area (Å²) in [6.07, 6.45) is 0.745. The first-order valence-electron chi connectivity index (χ1n) is 7.67. The van der Waals surface area contributed by atoms with Crippen molar-refractivity contribution in [2.75, 3.05) is 19.7 Å². The summed E-state index contributed by atoms with van der Waals surface area (Å²) in [7, 11) is 0. The lowest BCUT2D eigenvalue weighted by molar-refractivity contribution is 0.0285. The highest BCUT2D eigenvalue weighted by atomic mass is 32.2. The Balaban J connectivity index is 1.70. The van der Waals surface area contributed by atoms with Crippen molar-refractivity contribution >= 4 is 18.1 Å². The molecule has 1 atom stereocenters. The molecule has 0 bridgehead atoms. The van der Waals surface area contributed by atoms with E-state index in [9.17, 15) is 4.79 Å². The van der Waals surface area contributed by atoms with Crippen LogP contribution in [0.2, 0.25) is 0 Å². The van der Waals surface area contributed by atoms with Crippen LogP contribution in [0.15, 0.2) is 29.2 Å². The van der Waals surface area contributed by atoms with E-state index in [1.54, 1.807) is 4.90 Å². The monoisotopic (exact) mass is 323 g/mol. The number of likely N-dealkylation sites (tertiary alicyclic amines) is 1. The Bertz CT molecular complexity index is 496. The Morgan fingerprint density at radius 1 is 1.32 bits per heavy atom. The minimum absolute atomic E-state index is 0.221. The molecule has 5 heteroatoms. The number of rotatable bonds is 4. The number of carbonyl (C=O) groups is 1. The quantitative estimate of drug-likeness (QED) is 0.775. The lowest BCUT2D eigenvalue weighted by Gasteiger charge is -2.24. The molecule has 0 N–H and O–H groups in total. The van der Waals surface area contributed by atoms with Crippen LogP contribution >= 0.6 is 12.0 Å². The summed E-state index contributed by atoms with van der Waals surface area (Å²) in [5, 5.41) is 0. The Morgan fingerprint density at radius 2 is 2.00 bits per heavy atom. The Morgan fingerprint density at radius 3 is 2.64 bits per heavy atom. The Kier molecular flexibility index (Phi) is 5.75. The Labute approximate surface area is 137 Å². The topological polar surface area (TPSA) is 38.8 Å². The van der Waals surface area contributed by atoms with E-state index in [4.69, 9.17) is 8.92 Å². The van der Waals surface area contributed by atoms with Crippen LogP contribution in [0, 0.1) is 12.8 Å². The van der Waals surface area contributed by atoms with Gasteiger partial charge in [-0.1, -0.05) is 17.7 Å². The first-order chi connectivity index (χ1) is 10.3. The van der Waals surface area contributed by atoms with Crippen LogP contribution in [-0.4, -0.2) is 36.3 Å². The van der Waals surface area contributed by atoms with Crippen molar-refractivity contribution in [1.29, 1.82) is 0 Å². The van der Waals surface area contributed by atoms with Gasteiger partial charge in [-0.3, -0.25) is 0 Å². The van der Waals surface area contributed by atoms with Crippen LogP contribution in [0.4, 0.5) is 4.79 Å². The number of hydrogen-bond acceptors (Lipinski definition) is 4. The van der Waals surface area contributed by atoms with E-state index in [1.165, 1.54) is 17.6 Å². The second-order valence-electron chi connectivity index (χ2n) is 6.76. The van der Waals surface area contributed by atoms with Gasteiger partial charge in [0.25, 0.3) is 0 Å². The normalized spacial score (nSPS) is 18.5. The fraction of sp³-hybridized carbons (Fsp3) is 0.588. The SMILES string of the molecule is Cc1ccc(SOC[C@H]2CCN(C(=O)OC(C)(C)C)C2)cc1. The lowest BCUT2D eigenvalue weighted by Crippen LogP contribution is -2.35. The molecule has 1 aromatic carbocycles. The molecule has 0 aromatic heterocycles. The first kappa shape index (κ1) is 17.2. The maximum atomic E-state index is 12.0. The fourth-order valence-corrected chi connectivity index (χ4v) is 2.90. The Hall–Kier alpha value is -1.20. The van der Waals surface area contributed by atoms with Gasteiger partial charge in [-0.15, -0.1) is 0 Å². The molecule has 122 valence electrons. The molecule has 0 unspecified atom stereocenters. The van der Waals surface area contributed by atoms with Crippen LogP contribution in [0.5, 0.6) is 0 Å². The van der Waals surface area contributed by atoms with Gasteiger partial charge < -0.3 is 13.8 Å². The summed E-state index contributed by atoms with van der Waals surface area (Å²) in [5.41, 5.74) is 0.806. The second kappa shape index (κ2) is 7.38. The molecule has 1 amide bonds. The molecule has 1 aromatic rings. The predicted octanol–water partition coefficient (Wildman–Crippen LogP) is 4.28. The number of aryl methyl sites for hydroxylation is 1. The van der Waals surface area contributed by atoms with Crippen molar-refractivity contribution in [1.82, 2.24) is 4.90 Å². The molecule has 0 aliphatic carbocycles. The number of hydrogen-bond donors (Lipinski definition) is 0. The number of carbonyl (C=O) groups excluding carboxylic acids is 1. The van der Waals surface area contributed by atoms with E-state index >= 15 is 0 Å².